The number of ether oxygens (including phenoxy) is 2. The molecule has 0 bridgehead atoms. The number of halogens is 1. The lowest BCUT2D eigenvalue weighted by Crippen LogP contribution is -2.34. The molecule has 1 amide bonds. The van der Waals surface area contributed by atoms with Crippen LogP contribution in [0.4, 0.5) is 0 Å². The second kappa shape index (κ2) is 8.23. The van der Waals surface area contributed by atoms with Crippen molar-refractivity contribution < 1.29 is 19.1 Å². The van der Waals surface area contributed by atoms with Gasteiger partial charge in [-0.3, -0.25) is 9.59 Å². The maximum Gasteiger partial charge on any atom is 0.313 e. The van der Waals surface area contributed by atoms with Gasteiger partial charge in [-0.1, -0.05) is 41.9 Å². The predicted molar refractivity (Wildman–Crippen MR) is 98.1 cm³/mol. The minimum atomic E-state index is -0.446. The van der Waals surface area contributed by atoms with Crippen LogP contribution < -0.4 is 10.1 Å². The van der Waals surface area contributed by atoms with Crippen LogP contribution in [0.2, 0.25) is 5.02 Å². The number of benzene rings is 2. The molecule has 0 saturated heterocycles. The van der Waals surface area contributed by atoms with E-state index < -0.39 is 11.9 Å². The molecule has 0 fully saturated rings. The van der Waals surface area contributed by atoms with Crippen molar-refractivity contribution in [3.05, 3.63) is 64.7 Å². The molecule has 3 rings (SSSR count). The fraction of sp³-hybridized carbons (Fsp3) is 0.300. The first-order valence-corrected chi connectivity index (χ1v) is 8.83. The summed E-state index contributed by atoms with van der Waals surface area (Å²) in [5.41, 5.74) is 1.86. The molecule has 0 saturated carbocycles. The van der Waals surface area contributed by atoms with Crippen molar-refractivity contribution in [3.63, 3.8) is 0 Å². The first-order valence-electron chi connectivity index (χ1n) is 8.45. The predicted octanol–water partition coefficient (Wildman–Crippen LogP) is 3.31. The summed E-state index contributed by atoms with van der Waals surface area (Å²) in [7, 11) is 0. The molecule has 0 spiro atoms. The van der Waals surface area contributed by atoms with Gasteiger partial charge >= 0.3 is 5.97 Å². The number of hydrogen-bond donors (Lipinski definition) is 1. The Morgan fingerprint density at radius 1 is 1.27 bits per heavy atom. The number of amides is 1. The Bertz CT molecular complexity index is 794. The van der Waals surface area contributed by atoms with E-state index in [0.29, 0.717) is 11.4 Å². The van der Waals surface area contributed by atoms with Crippen molar-refractivity contribution in [3.8, 4) is 5.75 Å². The molecule has 1 N–H and O–H groups in total. The number of hydrogen-bond acceptors (Lipinski definition) is 4. The minimum absolute atomic E-state index is 0.158. The number of carbonyl (C=O) groups excluding carboxylic acids is 2. The van der Waals surface area contributed by atoms with Crippen LogP contribution in [0.3, 0.4) is 0 Å². The standard InChI is InChI=1S/C20H20ClNO4/c1-13(14-5-3-2-4-6-14)22-19(23)12-26-20(24)16-9-15-10-17(21)7-8-18(15)25-11-16/h2-8,10,13,16H,9,11-12H2,1H3,(H,22,23)/t13-,16-/m0/s1. The van der Waals surface area contributed by atoms with E-state index in [2.05, 4.69) is 5.32 Å². The van der Waals surface area contributed by atoms with E-state index in [4.69, 9.17) is 21.1 Å². The van der Waals surface area contributed by atoms with Gasteiger partial charge in [0, 0.05) is 5.02 Å². The van der Waals surface area contributed by atoms with Crippen molar-refractivity contribution in [1.82, 2.24) is 5.32 Å². The molecule has 5 nitrogen and oxygen atoms in total. The molecule has 2 aromatic carbocycles. The lowest BCUT2D eigenvalue weighted by Gasteiger charge is -2.24. The van der Waals surface area contributed by atoms with Gasteiger partial charge < -0.3 is 14.8 Å². The van der Waals surface area contributed by atoms with Gasteiger partial charge in [0.05, 0.1) is 12.0 Å². The number of fused-ring (bicyclic) bond motifs is 1. The van der Waals surface area contributed by atoms with E-state index in [-0.39, 0.29) is 25.2 Å². The summed E-state index contributed by atoms with van der Waals surface area (Å²) < 4.78 is 10.7. The smallest absolute Gasteiger partial charge is 0.313 e. The normalized spacial score (nSPS) is 16.8. The second-order valence-electron chi connectivity index (χ2n) is 6.27. The van der Waals surface area contributed by atoms with Gasteiger partial charge in [-0.2, -0.15) is 0 Å². The summed E-state index contributed by atoms with van der Waals surface area (Å²) >= 11 is 5.98. The Balaban J connectivity index is 1.49. The molecule has 26 heavy (non-hydrogen) atoms. The van der Waals surface area contributed by atoms with E-state index >= 15 is 0 Å². The average molecular weight is 374 g/mol. The molecule has 0 aromatic heterocycles. The van der Waals surface area contributed by atoms with Crippen molar-refractivity contribution >= 4 is 23.5 Å². The fourth-order valence-corrected chi connectivity index (χ4v) is 3.07. The van der Waals surface area contributed by atoms with E-state index in [1.165, 1.54) is 0 Å². The van der Waals surface area contributed by atoms with Gasteiger partial charge in [0.25, 0.3) is 5.91 Å². The Hall–Kier alpha value is -2.53. The molecule has 2 atom stereocenters. The van der Waals surface area contributed by atoms with E-state index in [9.17, 15) is 9.59 Å². The molecule has 0 aliphatic carbocycles. The summed E-state index contributed by atoms with van der Waals surface area (Å²) in [6.45, 7) is 1.80. The third-order valence-corrected chi connectivity index (χ3v) is 4.52. The van der Waals surface area contributed by atoms with Gasteiger partial charge in [-0.15, -0.1) is 0 Å². The van der Waals surface area contributed by atoms with Crippen LogP contribution in [0.25, 0.3) is 0 Å². The molecule has 136 valence electrons. The molecule has 1 aliphatic rings. The summed E-state index contributed by atoms with van der Waals surface area (Å²) in [5, 5.41) is 3.41. The zero-order valence-electron chi connectivity index (χ0n) is 14.4. The topological polar surface area (TPSA) is 64.6 Å². The SMILES string of the molecule is C[C@H](NC(=O)COC(=O)[C@@H]1COc2ccc(Cl)cc2C1)c1ccccc1. The molecular weight excluding hydrogens is 354 g/mol. The van der Waals surface area contributed by atoms with Crippen molar-refractivity contribution in [2.24, 2.45) is 5.92 Å². The zero-order valence-corrected chi connectivity index (χ0v) is 15.2. The molecule has 1 aliphatic heterocycles. The Labute approximate surface area is 157 Å². The van der Waals surface area contributed by atoms with Crippen molar-refractivity contribution in [2.75, 3.05) is 13.2 Å². The largest absolute Gasteiger partial charge is 0.492 e. The second-order valence-corrected chi connectivity index (χ2v) is 6.71. The highest BCUT2D eigenvalue weighted by Crippen LogP contribution is 2.30. The van der Waals surface area contributed by atoms with Crippen LogP contribution in [0, 0.1) is 5.92 Å². The summed E-state index contributed by atoms with van der Waals surface area (Å²) in [4.78, 5) is 24.3. The van der Waals surface area contributed by atoms with Gasteiger partial charge in [0.1, 0.15) is 12.4 Å². The molecular formula is C20H20ClNO4. The third-order valence-electron chi connectivity index (χ3n) is 4.28. The van der Waals surface area contributed by atoms with E-state index in [0.717, 1.165) is 16.9 Å². The van der Waals surface area contributed by atoms with Crippen LogP contribution in [0.15, 0.2) is 48.5 Å². The first kappa shape index (κ1) is 18.3. The number of nitrogens with one attached hydrogen (secondary N) is 1. The Morgan fingerprint density at radius 2 is 2.04 bits per heavy atom. The van der Waals surface area contributed by atoms with Crippen LogP contribution in [0.1, 0.15) is 24.1 Å². The van der Waals surface area contributed by atoms with Crippen molar-refractivity contribution in [1.29, 1.82) is 0 Å². The number of carbonyl (C=O) groups is 2. The molecule has 2 aromatic rings. The lowest BCUT2D eigenvalue weighted by atomic mass is 9.97. The fourth-order valence-electron chi connectivity index (χ4n) is 2.88. The minimum Gasteiger partial charge on any atom is -0.492 e. The average Bonchev–Trinajstić information content (AvgIpc) is 2.66. The summed E-state index contributed by atoms with van der Waals surface area (Å²) in [5.74, 6) is -0.499. The molecule has 1 heterocycles. The van der Waals surface area contributed by atoms with Gasteiger partial charge in [-0.05, 0) is 42.7 Å². The monoisotopic (exact) mass is 373 g/mol. The van der Waals surface area contributed by atoms with E-state index in [1.54, 1.807) is 18.2 Å². The zero-order chi connectivity index (χ0) is 18.5. The molecule has 6 heteroatoms. The highest BCUT2D eigenvalue weighted by atomic mass is 35.5. The van der Waals surface area contributed by atoms with E-state index in [1.807, 2.05) is 37.3 Å². The highest BCUT2D eigenvalue weighted by molar-refractivity contribution is 6.30. The maximum absolute atomic E-state index is 12.2. The maximum atomic E-state index is 12.2. The van der Waals surface area contributed by atoms with Gasteiger partial charge in [0.2, 0.25) is 0 Å². The number of rotatable bonds is 5. The van der Waals surface area contributed by atoms with Crippen LogP contribution in [-0.2, 0) is 20.7 Å². The first-order chi connectivity index (χ1) is 12.5. The molecule has 0 radical (unpaired) electrons. The van der Waals surface area contributed by atoms with Crippen LogP contribution >= 0.6 is 11.6 Å². The quantitative estimate of drug-likeness (QED) is 0.816. The summed E-state index contributed by atoms with van der Waals surface area (Å²) in [6, 6.07) is 14.7. The number of esters is 1. The van der Waals surface area contributed by atoms with Gasteiger partial charge in [0.15, 0.2) is 6.61 Å². The summed E-state index contributed by atoms with van der Waals surface area (Å²) in [6.07, 6.45) is 0.483. The van der Waals surface area contributed by atoms with Gasteiger partial charge in [-0.25, -0.2) is 0 Å². The van der Waals surface area contributed by atoms with Crippen LogP contribution in [-0.4, -0.2) is 25.1 Å². The lowest BCUT2D eigenvalue weighted by molar-refractivity contribution is -0.154. The van der Waals surface area contributed by atoms with Crippen LogP contribution in [0.5, 0.6) is 5.75 Å². The molecule has 0 unspecified atom stereocenters. The van der Waals surface area contributed by atoms with Crippen molar-refractivity contribution in [2.45, 2.75) is 19.4 Å². The third kappa shape index (κ3) is 4.55. The highest BCUT2D eigenvalue weighted by Gasteiger charge is 2.28. The Morgan fingerprint density at radius 3 is 2.81 bits per heavy atom. The Kier molecular flexibility index (Phi) is 5.78.